The van der Waals surface area contributed by atoms with Crippen LogP contribution in [-0.4, -0.2) is 22.6 Å². The van der Waals surface area contributed by atoms with E-state index in [1.807, 2.05) is 0 Å². The largest absolute Gasteiger partial charge is 0.505 e. The lowest BCUT2D eigenvalue weighted by molar-refractivity contribution is 0.0695. The molecule has 0 amide bonds. The number of halogens is 3. The number of rotatable bonds is 3. The Hall–Kier alpha value is -1.76. The van der Waals surface area contributed by atoms with Crippen molar-refractivity contribution in [2.24, 2.45) is 5.73 Å². The monoisotopic (exact) mass is 235 g/mol. The Morgan fingerprint density at radius 2 is 1.94 bits per heavy atom. The van der Waals surface area contributed by atoms with E-state index in [4.69, 9.17) is 15.9 Å². The molecule has 0 aromatic heterocycles. The first-order valence-corrected chi connectivity index (χ1v) is 4.14. The lowest BCUT2D eigenvalue weighted by Gasteiger charge is -2.13. The Kier molecular flexibility index (Phi) is 3.38. The molecule has 0 heterocycles. The number of phenols is 1. The van der Waals surface area contributed by atoms with Gasteiger partial charge in [0, 0.05) is 5.56 Å². The van der Waals surface area contributed by atoms with Crippen LogP contribution in [0, 0.1) is 5.82 Å². The molecule has 0 fully saturated rings. The van der Waals surface area contributed by atoms with E-state index in [-0.39, 0.29) is 0 Å². The molecule has 0 bridgehead atoms. The maximum absolute atomic E-state index is 13.0. The fraction of sp³-hybridized carbons (Fsp3) is 0.222. The van der Waals surface area contributed by atoms with Crippen molar-refractivity contribution in [2.75, 3.05) is 0 Å². The molecule has 0 saturated carbocycles. The van der Waals surface area contributed by atoms with Gasteiger partial charge in [-0.15, -0.1) is 0 Å². The van der Waals surface area contributed by atoms with E-state index in [1.54, 1.807) is 0 Å². The van der Waals surface area contributed by atoms with Crippen LogP contribution in [0.2, 0.25) is 0 Å². The van der Waals surface area contributed by atoms with Crippen molar-refractivity contribution in [3.8, 4) is 5.75 Å². The van der Waals surface area contributed by atoms with Crippen LogP contribution in [0.5, 0.6) is 5.75 Å². The Morgan fingerprint density at radius 1 is 1.38 bits per heavy atom. The average molecular weight is 235 g/mol. The molecule has 1 rings (SSSR count). The first-order valence-electron chi connectivity index (χ1n) is 4.14. The Morgan fingerprint density at radius 3 is 2.38 bits per heavy atom. The van der Waals surface area contributed by atoms with Crippen molar-refractivity contribution in [2.45, 2.75) is 12.5 Å². The van der Waals surface area contributed by atoms with Crippen molar-refractivity contribution < 1.29 is 28.2 Å². The number of aromatic hydroxyl groups is 1. The molecule has 1 aromatic carbocycles. The lowest BCUT2D eigenvalue weighted by Crippen LogP contribution is -2.20. The van der Waals surface area contributed by atoms with Crippen LogP contribution in [0.1, 0.15) is 22.0 Å². The van der Waals surface area contributed by atoms with Gasteiger partial charge in [0.25, 0.3) is 6.43 Å². The number of aromatic carboxylic acids is 1. The molecule has 1 aromatic rings. The molecule has 0 aliphatic carbocycles. The molecule has 0 saturated heterocycles. The normalized spacial score (nSPS) is 12.8. The van der Waals surface area contributed by atoms with Crippen molar-refractivity contribution >= 4 is 5.97 Å². The fourth-order valence-electron chi connectivity index (χ4n) is 1.13. The van der Waals surface area contributed by atoms with Crippen LogP contribution in [-0.2, 0) is 0 Å². The van der Waals surface area contributed by atoms with Gasteiger partial charge in [-0.3, -0.25) is 0 Å². The van der Waals surface area contributed by atoms with E-state index < -0.39 is 41.1 Å². The summed E-state index contributed by atoms with van der Waals surface area (Å²) < 4.78 is 37.5. The number of nitrogens with two attached hydrogens (primary N) is 1. The van der Waals surface area contributed by atoms with E-state index in [0.717, 1.165) is 6.07 Å². The van der Waals surface area contributed by atoms with Crippen LogP contribution in [0.25, 0.3) is 0 Å². The summed E-state index contributed by atoms with van der Waals surface area (Å²) in [5, 5.41) is 17.7. The fourth-order valence-corrected chi connectivity index (χ4v) is 1.13. The zero-order valence-electron chi connectivity index (χ0n) is 7.82. The van der Waals surface area contributed by atoms with Crippen LogP contribution in [0.3, 0.4) is 0 Å². The molecule has 88 valence electrons. The molecular formula is C9H8F3NO3. The third-order valence-corrected chi connectivity index (χ3v) is 1.97. The summed E-state index contributed by atoms with van der Waals surface area (Å²) >= 11 is 0. The quantitative estimate of drug-likeness (QED) is 0.741. The maximum Gasteiger partial charge on any atom is 0.335 e. The molecule has 0 aliphatic heterocycles. The maximum atomic E-state index is 13.0. The Bertz CT molecular complexity index is 423. The van der Waals surface area contributed by atoms with Crippen molar-refractivity contribution in [1.29, 1.82) is 0 Å². The predicted molar refractivity (Wildman–Crippen MR) is 48.0 cm³/mol. The van der Waals surface area contributed by atoms with Crippen molar-refractivity contribution in [3.63, 3.8) is 0 Å². The van der Waals surface area contributed by atoms with Crippen LogP contribution in [0.15, 0.2) is 12.1 Å². The lowest BCUT2D eigenvalue weighted by atomic mass is 10.0. The first kappa shape index (κ1) is 12.3. The zero-order chi connectivity index (χ0) is 12.5. The molecule has 0 radical (unpaired) electrons. The average Bonchev–Trinajstić information content (AvgIpc) is 2.20. The van der Waals surface area contributed by atoms with E-state index in [0.29, 0.717) is 6.07 Å². The van der Waals surface area contributed by atoms with Gasteiger partial charge in [-0.25, -0.2) is 18.0 Å². The Labute approximate surface area is 88.1 Å². The van der Waals surface area contributed by atoms with Crippen molar-refractivity contribution in [1.82, 2.24) is 0 Å². The summed E-state index contributed by atoms with van der Waals surface area (Å²) in [7, 11) is 0. The highest BCUT2D eigenvalue weighted by Crippen LogP contribution is 2.30. The van der Waals surface area contributed by atoms with Crippen LogP contribution >= 0.6 is 0 Å². The van der Waals surface area contributed by atoms with Gasteiger partial charge in [0.15, 0.2) is 11.6 Å². The zero-order valence-corrected chi connectivity index (χ0v) is 7.82. The van der Waals surface area contributed by atoms with Gasteiger partial charge in [-0.1, -0.05) is 0 Å². The second-order valence-corrected chi connectivity index (χ2v) is 3.06. The number of carboxylic acid groups (broad SMARTS) is 1. The van der Waals surface area contributed by atoms with Gasteiger partial charge in [0.05, 0.1) is 11.6 Å². The minimum absolute atomic E-state index is 0.527. The molecule has 0 spiro atoms. The SMILES string of the molecule is N[C@H](c1cc(C(=O)O)cc(F)c1O)C(F)F. The molecule has 7 heteroatoms. The highest BCUT2D eigenvalue weighted by atomic mass is 19.3. The first-order chi connectivity index (χ1) is 7.34. The summed E-state index contributed by atoms with van der Waals surface area (Å²) in [6, 6.07) is -0.689. The molecule has 1 atom stereocenters. The summed E-state index contributed by atoms with van der Waals surface area (Å²) in [6.07, 6.45) is -3.03. The highest BCUT2D eigenvalue weighted by molar-refractivity contribution is 5.88. The van der Waals surface area contributed by atoms with Crippen LogP contribution in [0.4, 0.5) is 13.2 Å². The topological polar surface area (TPSA) is 83.6 Å². The number of carbonyl (C=O) groups is 1. The minimum atomic E-state index is -3.03. The number of benzene rings is 1. The van der Waals surface area contributed by atoms with Gasteiger partial charge in [0.2, 0.25) is 0 Å². The van der Waals surface area contributed by atoms with E-state index in [1.165, 1.54) is 0 Å². The molecule has 4 nitrogen and oxygen atoms in total. The molecule has 0 aliphatic rings. The predicted octanol–water partition coefficient (Wildman–Crippen LogP) is 1.49. The van der Waals surface area contributed by atoms with Gasteiger partial charge in [-0.2, -0.15) is 0 Å². The molecular weight excluding hydrogens is 227 g/mol. The van der Waals surface area contributed by atoms with E-state index >= 15 is 0 Å². The minimum Gasteiger partial charge on any atom is -0.505 e. The van der Waals surface area contributed by atoms with Gasteiger partial charge >= 0.3 is 5.97 Å². The molecule has 4 N–H and O–H groups in total. The summed E-state index contributed by atoms with van der Waals surface area (Å²) in [4.78, 5) is 10.5. The molecule has 0 unspecified atom stereocenters. The Balaban J connectivity index is 3.32. The van der Waals surface area contributed by atoms with Crippen molar-refractivity contribution in [3.05, 3.63) is 29.1 Å². The third kappa shape index (κ3) is 2.25. The third-order valence-electron chi connectivity index (χ3n) is 1.97. The smallest absolute Gasteiger partial charge is 0.335 e. The van der Waals surface area contributed by atoms with E-state index in [2.05, 4.69) is 0 Å². The summed E-state index contributed by atoms with van der Waals surface area (Å²) in [5.74, 6) is -3.86. The number of carboxylic acids is 1. The second-order valence-electron chi connectivity index (χ2n) is 3.06. The number of hydrogen-bond donors (Lipinski definition) is 3. The number of alkyl halides is 2. The summed E-state index contributed by atoms with van der Waals surface area (Å²) in [5.41, 5.74) is 3.82. The molecule has 16 heavy (non-hydrogen) atoms. The second kappa shape index (κ2) is 4.40. The van der Waals surface area contributed by atoms with E-state index in [9.17, 15) is 18.0 Å². The van der Waals surface area contributed by atoms with Gasteiger partial charge < -0.3 is 15.9 Å². The van der Waals surface area contributed by atoms with Gasteiger partial charge in [0.1, 0.15) is 0 Å². The number of phenolic OH excluding ortho intramolecular Hbond substituents is 1. The standard InChI is InChI=1S/C9H8F3NO3/c10-5-2-3(9(15)16)1-4(7(5)14)6(13)8(11)12/h1-2,6,8,14H,13H2,(H,15,16)/t6-/m1/s1. The van der Waals surface area contributed by atoms with Gasteiger partial charge in [-0.05, 0) is 12.1 Å². The summed E-state index contributed by atoms with van der Waals surface area (Å²) in [6.45, 7) is 0. The van der Waals surface area contributed by atoms with Crippen LogP contribution < -0.4 is 5.73 Å². The highest BCUT2D eigenvalue weighted by Gasteiger charge is 2.24. The number of hydrogen-bond acceptors (Lipinski definition) is 3.